The van der Waals surface area contributed by atoms with Gasteiger partial charge in [0, 0.05) is 388 Å². The standard InChI is InChI=1S/C32H39N9.H3N77/c1-6-41-19-23(17-35-41)25-18-34-32(36-28-16-27(33)29(15-21(28)2)39(5)14-13-38(3)4)37-30(25)26-20-40-12-8-10-22-9-7-11-24(26)31(22)40;1-3-5-7-9-11-13-15-17-19-21-23-25-27-29-31-33-35-37-39-41-43-45-47-49-51-53-55-57-59-61-63-65-67-69-71-73-75-77-76-74-72-70-68-66-64-62-60-58-56-54-52-50-48-46-44-42-40-38-36-34-32-30-28-26-24-22-20-18-16-14-12-10-8-6-4-2/h7,9,11,15-20H,6,8,10,12-14,33H2,1-5H3,(H,34,36,37);(H3,1,2,5,6,9,10,13,14,17,18,21,22,25,26,29,30,33,34,37,38,41,42,45,46,49,50,53,54,57,58,61,62,65,66,69,70,73,74,77). The second-order valence-corrected chi connectivity index (χ2v) is 18.0. The highest BCUT2D eigenvalue weighted by Gasteiger charge is 2.22. The molecular weight excluding hydrogens is 1590 g/mol. The second kappa shape index (κ2) is 60.3. The van der Waals surface area contributed by atoms with Crippen LogP contribution < -0.4 is 21.8 Å². The van der Waals surface area contributed by atoms with Gasteiger partial charge in [-0.05, 0) is 142 Å². The Labute approximate surface area is 643 Å². The molecule has 118 heavy (non-hydrogen) atoms. The molecule has 86 nitrogen and oxygen atoms in total. The maximum absolute atomic E-state index is 6.54. The van der Waals surface area contributed by atoms with E-state index in [0.717, 1.165) is 84.0 Å². The normalized spacial score (nSPS) is 14.6. The van der Waals surface area contributed by atoms with E-state index in [0.29, 0.717) is 5.95 Å². The maximum Gasteiger partial charge on any atom is 0.227 e. The highest BCUT2D eigenvalue weighted by atomic mass is 15.8. The molecule has 6 N–H and O–H groups in total. The third kappa shape index (κ3) is 40.3. The van der Waals surface area contributed by atoms with Crippen LogP contribution in [0.15, 0.2) is 447 Å². The van der Waals surface area contributed by atoms with E-state index in [2.05, 4.69) is 494 Å². The van der Waals surface area contributed by atoms with Crippen molar-refractivity contribution in [3.8, 4) is 22.4 Å². The van der Waals surface area contributed by atoms with Crippen LogP contribution in [0.4, 0.5) is 23.0 Å². The zero-order valence-corrected chi connectivity index (χ0v) is 59.3. The minimum absolute atomic E-state index is 0.537. The molecular formula is C32H42N86. The van der Waals surface area contributed by atoms with Crippen molar-refractivity contribution in [1.82, 2.24) is 29.2 Å². The Kier molecular flexibility index (Phi) is 45.4. The summed E-state index contributed by atoms with van der Waals surface area (Å²) in [6.45, 7) is 7.84. The van der Waals surface area contributed by atoms with Crippen molar-refractivity contribution in [2.24, 2.45) is 398 Å². The topological polar surface area (TPSA) is 1070 Å². The molecule has 0 bridgehead atoms. The van der Waals surface area contributed by atoms with Crippen LogP contribution in [-0.4, -0.2) is 63.4 Å². The van der Waals surface area contributed by atoms with Crippen LogP contribution in [0.3, 0.4) is 0 Å². The van der Waals surface area contributed by atoms with E-state index in [1.54, 1.807) is 0 Å². The number of benzene rings is 2. The van der Waals surface area contributed by atoms with E-state index in [4.69, 9.17) is 21.2 Å². The van der Waals surface area contributed by atoms with Gasteiger partial charge >= 0.3 is 0 Å². The predicted molar refractivity (Wildman–Crippen MR) is 358 cm³/mol. The lowest BCUT2D eigenvalue weighted by Crippen LogP contribution is -2.29. The first-order valence-electron chi connectivity index (χ1n) is 29.6. The van der Waals surface area contributed by atoms with Gasteiger partial charge in [-0.1, -0.05) is 23.4 Å². The first-order valence-corrected chi connectivity index (χ1v) is 29.6. The number of nitrogen functional groups attached to an aromatic ring is 1. The minimum Gasteiger partial charge on any atom is -0.397 e. The summed E-state index contributed by atoms with van der Waals surface area (Å²) < 4.78 is 4.32. The highest BCUT2D eigenvalue weighted by Crippen LogP contribution is 2.40. The Bertz CT molecular complexity index is 5080. The van der Waals surface area contributed by atoms with Crippen molar-refractivity contribution < 1.29 is 0 Å². The lowest BCUT2D eigenvalue weighted by molar-refractivity contribution is 0.416. The van der Waals surface area contributed by atoms with Crippen LogP contribution in [0.2, 0.25) is 0 Å². The number of nitrogens with two attached hydrogens (primary N) is 2. The monoisotopic (exact) mass is 1630 g/mol. The van der Waals surface area contributed by atoms with Crippen LogP contribution in [0.5, 0.6) is 0 Å². The number of para-hydroxylation sites is 1. The average molecular weight is 1630 g/mol. The van der Waals surface area contributed by atoms with Crippen molar-refractivity contribution in [2.75, 3.05) is 50.2 Å². The molecule has 0 spiro atoms. The van der Waals surface area contributed by atoms with Crippen LogP contribution in [0.1, 0.15) is 24.5 Å². The summed E-state index contributed by atoms with van der Waals surface area (Å²) in [5.41, 5.74) is 23.2. The Balaban J connectivity index is 0.000000498. The average Bonchev–Trinajstić information content (AvgIpc) is 1.60. The third-order valence-corrected chi connectivity index (χ3v) is 11.0. The van der Waals surface area contributed by atoms with Gasteiger partial charge < -0.3 is 31.3 Å². The fourth-order valence-corrected chi connectivity index (χ4v) is 7.06. The molecule has 0 atom stereocenters. The fraction of sp³-hybridized carbons (Fsp3) is 0.344. The molecule has 0 unspecified atom stereocenters. The molecule has 0 saturated heterocycles. The Morgan fingerprint density at radius 2 is 0.763 bits per heavy atom. The van der Waals surface area contributed by atoms with Gasteiger partial charge in [0.15, 0.2) is 0 Å². The predicted octanol–water partition coefficient (Wildman–Crippen LogP) is 19.0. The smallest absolute Gasteiger partial charge is 0.227 e. The van der Waals surface area contributed by atoms with E-state index in [-0.39, 0.29) is 0 Å². The van der Waals surface area contributed by atoms with Crippen LogP contribution in [0, 0.1) is 12.5 Å². The lowest BCUT2D eigenvalue weighted by Gasteiger charge is -2.24. The molecule has 5 aromatic rings. The molecule has 86 heteroatoms. The molecule has 1 aliphatic rings. The Morgan fingerprint density at radius 3 is 1.08 bits per heavy atom. The summed E-state index contributed by atoms with van der Waals surface area (Å²) in [5, 5.41) is 232. The summed E-state index contributed by atoms with van der Waals surface area (Å²) in [4.78, 5) is 14.3. The van der Waals surface area contributed by atoms with Crippen LogP contribution in [-0.2, 0) is 19.5 Å². The summed E-state index contributed by atoms with van der Waals surface area (Å²) in [5.74, 6) is 5.17. The van der Waals surface area contributed by atoms with Crippen molar-refractivity contribution in [3.05, 3.63) is 66.2 Å². The third-order valence-electron chi connectivity index (χ3n) is 11.0. The number of likely N-dealkylation sites (N-methyl/N-ethyl adjacent to an activating group) is 2. The number of aryl methyl sites for hydroxylation is 4. The van der Waals surface area contributed by atoms with E-state index in [1.807, 2.05) is 23.1 Å². The maximum atomic E-state index is 6.54. The van der Waals surface area contributed by atoms with E-state index in [9.17, 15) is 0 Å². The molecule has 4 heterocycles. The Morgan fingerprint density at radius 1 is 0.424 bits per heavy atom. The molecule has 0 amide bonds. The number of nitrogens with one attached hydrogen (secondary N) is 2. The molecule has 0 aliphatic carbocycles. The quantitative estimate of drug-likeness (QED) is 0.0125. The number of rotatable bonds is 46. The van der Waals surface area contributed by atoms with Gasteiger partial charge in [0.2, 0.25) is 5.95 Å². The number of hydrogen-bond acceptors (Lipinski definition) is 9. The highest BCUT2D eigenvalue weighted by molar-refractivity contribution is 6.00. The van der Waals surface area contributed by atoms with Crippen molar-refractivity contribution in [1.29, 1.82) is 5.53 Å². The van der Waals surface area contributed by atoms with Gasteiger partial charge in [-0.25, -0.2) is 9.97 Å². The molecule has 6 rings (SSSR count). The summed E-state index contributed by atoms with van der Waals surface area (Å²) in [6, 6.07) is 10.7. The lowest BCUT2D eigenvalue weighted by atomic mass is 9.99. The largest absolute Gasteiger partial charge is 0.397 e. The van der Waals surface area contributed by atoms with Gasteiger partial charge in [-0.15, -0.1) is 0 Å². The first kappa shape index (κ1) is 88.9. The molecule has 0 radical (unpaired) electrons. The Hall–Kier alpha value is -19.8. The van der Waals surface area contributed by atoms with E-state index >= 15 is 0 Å². The van der Waals surface area contributed by atoms with Crippen molar-refractivity contribution >= 4 is 33.9 Å². The fourth-order valence-electron chi connectivity index (χ4n) is 7.06. The molecule has 3 aromatic heterocycles. The van der Waals surface area contributed by atoms with Gasteiger partial charge in [0.25, 0.3) is 0 Å². The van der Waals surface area contributed by atoms with Crippen LogP contribution in [0.25, 0.3) is 33.3 Å². The summed E-state index contributed by atoms with van der Waals surface area (Å²) >= 11 is 0. The minimum atomic E-state index is 0.537. The molecule has 0 fully saturated rings. The number of hydrogen-bond donors (Lipinski definition) is 4. The SMILES string of the molecule is CCn1cc(-c2cnc(Nc3cc(N)c(N(C)CCN(C)C)cc3C)nc2-c2cn3c4c(cccc24)CCC3)cn1.N=N/N=N/N=N/N=N/N=N/N=N/N=N/N=N/N=N/N=N/N=N/N=N/N=N/N=N/N=N/N=N/N=N/N=N/N=N/N=N/N=N/N=N/N=N/N=N/N=N/N=N/N=N/N=N/N=N/N=N/N=N/N=N/N=N/N=N/N=N/N=N/N=N/N=N/N. The number of anilines is 4. The molecule has 2 aromatic carbocycles. The van der Waals surface area contributed by atoms with Gasteiger partial charge in [-0.2, -0.15) is 10.6 Å². The van der Waals surface area contributed by atoms with Crippen molar-refractivity contribution in [3.63, 3.8) is 0 Å². The molecule has 1 aliphatic heterocycles. The zero-order chi connectivity index (χ0) is 83.7. The molecule has 0 saturated carbocycles. The molecule has 600 valence electrons. The van der Waals surface area contributed by atoms with E-state index in [1.165, 1.54) is 16.5 Å². The van der Waals surface area contributed by atoms with Gasteiger partial charge in [0.1, 0.15) is 0 Å². The zero-order valence-electron chi connectivity index (χ0n) is 59.3. The second-order valence-electron chi connectivity index (χ2n) is 18.0. The van der Waals surface area contributed by atoms with Crippen molar-refractivity contribution in [2.45, 2.75) is 39.8 Å². The van der Waals surface area contributed by atoms with Crippen LogP contribution >= 0.6 is 0 Å². The van der Waals surface area contributed by atoms with Gasteiger partial charge in [0.05, 0.1) is 28.8 Å². The first-order chi connectivity index (χ1) is 58.2. The van der Waals surface area contributed by atoms with E-state index < -0.39 is 0 Å². The summed E-state index contributed by atoms with van der Waals surface area (Å²) in [6.07, 6.45) is 10.4. The summed E-state index contributed by atoms with van der Waals surface area (Å²) in [7, 11) is 6.24. The number of nitrogens with zero attached hydrogens (tertiary/aromatic N) is 82. The number of aromatic nitrogens is 5. The van der Waals surface area contributed by atoms with Gasteiger partial charge in [-0.3, -0.25) is 4.68 Å².